The molecule has 0 aliphatic rings. The smallest absolute Gasteiger partial charge is 0.267 e. The van der Waals surface area contributed by atoms with E-state index in [1.807, 2.05) is 0 Å². The van der Waals surface area contributed by atoms with Gasteiger partial charge in [0, 0.05) is 10.5 Å². The van der Waals surface area contributed by atoms with E-state index in [0.29, 0.717) is 10.5 Å². The quantitative estimate of drug-likeness (QED) is 0.606. The number of carbonyl (C=O) groups excluding carboxylic acids is 1. The first-order valence-corrected chi connectivity index (χ1v) is 5.19. The van der Waals surface area contributed by atoms with Gasteiger partial charge < -0.3 is 0 Å². The molecule has 0 radical (unpaired) electrons. The van der Waals surface area contributed by atoms with Crippen LogP contribution in [0, 0.1) is 0 Å². The number of alkyl halides is 3. The summed E-state index contributed by atoms with van der Waals surface area (Å²) in [5.41, 5.74) is -1.15. The molecule has 0 bridgehead atoms. The van der Waals surface area contributed by atoms with Crippen LogP contribution in [0.3, 0.4) is 0 Å². The molecule has 0 aliphatic carbocycles. The first kappa shape index (κ1) is 13.6. The summed E-state index contributed by atoms with van der Waals surface area (Å²) in [4.78, 5) is 13.8. The fourth-order valence-electron chi connectivity index (χ4n) is 1.15. The molecular formula is C11H7BrF3NO. The Morgan fingerprint density at radius 1 is 1.41 bits per heavy atom. The maximum Gasteiger partial charge on any atom is 0.417 e. The van der Waals surface area contributed by atoms with Crippen molar-refractivity contribution >= 4 is 34.1 Å². The highest BCUT2D eigenvalue weighted by Crippen LogP contribution is 2.34. The molecule has 2 nitrogen and oxygen atoms in total. The van der Waals surface area contributed by atoms with Crippen LogP contribution in [-0.4, -0.2) is 18.8 Å². The van der Waals surface area contributed by atoms with E-state index >= 15 is 0 Å². The topological polar surface area (TPSA) is 29.4 Å². The molecule has 0 fully saturated rings. The second kappa shape index (κ2) is 5.27. The number of hydrogen-bond acceptors (Lipinski definition) is 1. The summed E-state index contributed by atoms with van der Waals surface area (Å²) in [5, 5.41) is 0. The predicted octanol–water partition coefficient (Wildman–Crippen LogP) is 3.62. The molecule has 6 heteroatoms. The maximum absolute atomic E-state index is 12.7. The van der Waals surface area contributed by atoms with E-state index in [2.05, 4.69) is 27.6 Å². The van der Waals surface area contributed by atoms with Gasteiger partial charge in [-0.2, -0.15) is 13.2 Å². The van der Waals surface area contributed by atoms with E-state index < -0.39 is 17.7 Å². The van der Waals surface area contributed by atoms with Crippen LogP contribution in [0.4, 0.5) is 13.2 Å². The van der Waals surface area contributed by atoms with Crippen LogP contribution >= 0.6 is 15.9 Å². The third-order valence-corrected chi connectivity index (χ3v) is 2.36. The highest BCUT2D eigenvalue weighted by Gasteiger charge is 2.35. The highest BCUT2D eigenvalue weighted by atomic mass is 79.9. The minimum absolute atomic E-state index is 0.108. The van der Waals surface area contributed by atoms with Gasteiger partial charge in [0.2, 0.25) is 0 Å². The summed E-state index contributed by atoms with van der Waals surface area (Å²) >= 11 is 3.07. The van der Waals surface area contributed by atoms with Crippen molar-refractivity contribution in [1.82, 2.24) is 0 Å². The molecule has 0 saturated heterocycles. The first-order valence-electron chi connectivity index (χ1n) is 4.40. The number of hydrogen-bond donors (Lipinski definition) is 0. The number of carbonyl (C=O) groups is 1. The normalized spacial score (nSPS) is 12.4. The largest absolute Gasteiger partial charge is 0.417 e. The van der Waals surface area contributed by atoms with Crippen LogP contribution in [0.2, 0.25) is 0 Å². The minimum Gasteiger partial charge on any atom is -0.267 e. The second-order valence-electron chi connectivity index (χ2n) is 3.06. The van der Waals surface area contributed by atoms with Gasteiger partial charge in [-0.15, -0.1) is 0 Å². The number of allylic oxidation sites excluding steroid dienone is 1. The fourth-order valence-corrected chi connectivity index (χ4v) is 1.55. The van der Waals surface area contributed by atoms with Crippen molar-refractivity contribution in [3.63, 3.8) is 0 Å². The Balaban J connectivity index is 3.30. The summed E-state index contributed by atoms with van der Waals surface area (Å²) in [5.74, 6) is -1.03. The first-order chi connectivity index (χ1) is 7.84. The lowest BCUT2D eigenvalue weighted by Gasteiger charge is -2.11. The minimum atomic E-state index is -4.62. The van der Waals surface area contributed by atoms with Gasteiger partial charge in [-0.3, -0.25) is 4.79 Å². The van der Waals surface area contributed by atoms with E-state index in [9.17, 15) is 18.0 Å². The number of halogens is 4. The Labute approximate surface area is 104 Å². The van der Waals surface area contributed by atoms with Gasteiger partial charge in [0.1, 0.15) is 0 Å². The molecule has 17 heavy (non-hydrogen) atoms. The lowest BCUT2D eigenvalue weighted by atomic mass is 10.1. The zero-order valence-electron chi connectivity index (χ0n) is 8.46. The van der Waals surface area contributed by atoms with Gasteiger partial charge in [-0.25, -0.2) is 4.99 Å². The molecule has 0 unspecified atom stereocenters. The Kier molecular flexibility index (Phi) is 4.22. The molecule has 0 saturated carbocycles. The van der Waals surface area contributed by atoms with Gasteiger partial charge in [-0.1, -0.05) is 28.1 Å². The average molecular weight is 306 g/mol. The van der Waals surface area contributed by atoms with Crippen molar-refractivity contribution in [2.45, 2.75) is 6.18 Å². The lowest BCUT2D eigenvalue weighted by molar-refractivity contribution is -0.113. The van der Waals surface area contributed by atoms with Crippen molar-refractivity contribution in [2.75, 3.05) is 0 Å². The van der Waals surface area contributed by atoms with Gasteiger partial charge in [-0.05, 0) is 24.4 Å². The number of amides is 1. The summed E-state index contributed by atoms with van der Waals surface area (Å²) in [7, 11) is 0. The Morgan fingerprint density at radius 2 is 2.06 bits per heavy atom. The summed E-state index contributed by atoms with van der Waals surface area (Å²) in [6, 6.07) is 5.58. The number of aliphatic imine (C=N–C) groups is 1. The van der Waals surface area contributed by atoms with Crippen molar-refractivity contribution in [2.24, 2.45) is 4.99 Å². The highest BCUT2D eigenvalue weighted by molar-refractivity contribution is 9.10. The number of rotatable bonds is 2. The van der Waals surface area contributed by atoms with E-state index in [1.165, 1.54) is 18.2 Å². The van der Waals surface area contributed by atoms with E-state index in [4.69, 9.17) is 0 Å². The second-order valence-corrected chi connectivity index (χ2v) is 3.98. The number of nitrogens with zero attached hydrogens (tertiary/aromatic N) is 1. The molecule has 0 heterocycles. The standard InChI is InChI=1S/C11H7BrF3NO/c1-16-10(17)6-9(11(13,14)15)7-3-2-4-8(12)5-7/h2-6H,1H2/b9-6+. The van der Waals surface area contributed by atoms with E-state index in [-0.39, 0.29) is 5.56 Å². The molecule has 1 amide bonds. The average Bonchev–Trinajstić information content (AvgIpc) is 2.23. The molecule has 1 aromatic rings. The summed E-state index contributed by atoms with van der Waals surface area (Å²) < 4.78 is 38.7. The van der Waals surface area contributed by atoms with Gasteiger partial charge in [0.25, 0.3) is 5.91 Å². The predicted molar refractivity (Wildman–Crippen MR) is 62.7 cm³/mol. The molecule has 0 aromatic heterocycles. The molecule has 0 N–H and O–H groups in total. The van der Waals surface area contributed by atoms with E-state index in [1.54, 1.807) is 6.07 Å². The van der Waals surface area contributed by atoms with Crippen LogP contribution in [-0.2, 0) is 4.79 Å². The van der Waals surface area contributed by atoms with Crippen molar-refractivity contribution in [3.05, 3.63) is 40.4 Å². The maximum atomic E-state index is 12.7. The van der Waals surface area contributed by atoms with Crippen LogP contribution in [0.1, 0.15) is 5.56 Å². The van der Waals surface area contributed by atoms with Gasteiger partial charge in [0.05, 0.1) is 5.57 Å². The third kappa shape index (κ3) is 3.81. The molecular weight excluding hydrogens is 299 g/mol. The molecule has 1 aromatic carbocycles. The van der Waals surface area contributed by atoms with Crippen LogP contribution in [0.5, 0.6) is 0 Å². The molecule has 1 rings (SSSR count). The Hall–Kier alpha value is -1.43. The fraction of sp³-hybridized carbons (Fsp3) is 0.0909. The van der Waals surface area contributed by atoms with Crippen LogP contribution < -0.4 is 0 Å². The van der Waals surface area contributed by atoms with Crippen LogP contribution in [0.15, 0.2) is 39.8 Å². The zero-order chi connectivity index (χ0) is 13.1. The van der Waals surface area contributed by atoms with Gasteiger partial charge >= 0.3 is 6.18 Å². The summed E-state index contributed by atoms with van der Waals surface area (Å²) in [6.45, 7) is 2.89. The van der Waals surface area contributed by atoms with Crippen molar-refractivity contribution in [3.8, 4) is 0 Å². The Morgan fingerprint density at radius 3 is 2.53 bits per heavy atom. The zero-order valence-corrected chi connectivity index (χ0v) is 10.0. The molecule has 90 valence electrons. The number of benzene rings is 1. The molecule has 0 aliphatic heterocycles. The van der Waals surface area contributed by atoms with Crippen molar-refractivity contribution in [1.29, 1.82) is 0 Å². The Bertz CT molecular complexity index is 480. The lowest BCUT2D eigenvalue weighted by Crippen LogP contribution is -2.12. The van der Waals surface area contributed by atoms with Gasteiger partial charge in [0.15, 0.2) is 0 Å². The summed E-state index contributed by atoms with van der Waals surface area (Å²) in [6.07, 6.45) is -4.20. The SMILES string of the molecule is C=NC(=O)/C=C(\c1cccc(Br)c1)C(F)(F)F. The van der Waals surface area contributed by atoms with E-state index in [0.717, 1.165) is 0 Å². The third-order valence-electron chi connectivity index (χ3n) is 1.86. The van der Waals surface area contributed by atoms with Crippen LogP contribution in [0.25, 0.3) is 5.57 Å². The van der Waals surface area contributed by atoms with Crippen molar-refractivity contribution < 1.29 is 18.0 Å². The molecule has 0 spiro atoms. The molecule has 0 atom stereocenters. The monoisotopic (exact) mass is 305 g/mol.